The Labute approximate surface area is 336 Å². The second kappa shape index (κ2) is 17.6. The number of amides is 3. The Morgan fingerprint density at radius 1 is 0.836 bits per heavy atom. The largest absolute Gasteiger partial charge is 0.321 e. The zero-order valence-corrected chi connectivity index (χ0v) is 32.7. The van der Waals surface area contributed by atoms with Gasteiger partial charge in [0.25, 0.3) is 11.8 Å². The molecule has 3 N–H and O–H groups in total. The van der Waals surface area contributed by atoms with E-state index in [1.807, 2.05) is 78.9 Å². The number of fused-ring (bicyclic) bond motifs is 1. The fourth-order valence-electron chi connectivity index (χ4n) is 6.53. The van der Waals surface area contributed by atoms with E-state index in [1.165, 1.54) is 28.7 Å². The van der Waals surface area contributed by atoms with Crippen molar-refractivity contribution in [2.24, 2.45) is 0 Å². The van der Waals surface area contributed by atoms with E-state index < -0.39 is 17.1 Å². The van der Waals surface area contributed by atoms with Crippen molar-refractivity contribution in [3.63, 3.8) is 0 Å². The average Bonchev–Trinajstić information content (AvgIpc) is 3.57. The van der Waals surface area contributed by atoms with E-state index >= 15 is 0 Å². The Morgan fingerprint density at radius 2 is 1.53 bits per heavy atom. The molecule has 7 rings (SSSR count). The number of thioether (sulfide) groups is 1. The molecule has 7 nitrogen and oxygen atoms in total. The molecule has 0 saturated carbocycles. The molecule has 0 fully saturated rings. The molecule has 0 aliphatic heterocycles. The van der Waals surface area contributed by atoms with Gasteiger partial charge >= 0.3 is 0 Å². The number of nitrogens with one attached hydrogen (secondary N) is 3. The molecular weight excluding hydrogens is 789 g/mol. The molecule has 0 radical (unpaired) electrons. The van der Waals surface area contributed by atoms with Crippen molar-refractivity contribution in [2.45, 2.75) is 35.3 Å². The zero-order chi connectivity index (χ0) is 38.1. The smallest absolute Gasteiger partial charge is 0.272 e. The minimum atomic E-state index is -0.659. The number of rotatable bonds is 11. The summed E-state index contributed by atoms with van der Waals surface area (Å²) in [5.74, 6) is -0.798. The predicted molar refractivity (Wildman–Crippen MR) is 225 cm³/mol. The van der Waals surface area contributed by atoms with E-state index in [1.54, 1.807) is 42.5 Å². The number of hydrogen-bond donors (Lipinski definition) is 3. The number of thiophene rings is 1. The average molecular weight is 824 g/mol. The van der Waals surface area contributed by atoms with Crippen molar-refractivity contribution >= 4 is 73.5 Å². The molecule has 6 aromatic rings. The molecular formula is C45H35BrN4O3S2. The first-order valence-electron chi connectivity index (χ1n) is 17.7. The van der Waals surface area contributed by atoms with E-state index in [-0.39, 0.29) is 11.6 Å². The van der Waals surface area contributed by atoms with E-state index in [0.717, 1.165) is 50.2 Å². The molecule has 1 aliphatic rings. The number of halogens is 1. The number of carbonyl (C=O) groups excluding carboxylic acids is 3. The van der Waals surface area contributed by atoms with Gasteiger partial charge in [0.05, 0.1) is 5.56 Å². The summed E-state index contributed by atoms with van der Waals surface area (Å²) in [5, 5.41) is 19.0. The maximum atomic E-state index is 14.2. The molecule has 2 unspecified atom stereocenters. The second-order valence-corrected chi connectivity index (χ2v) is 16.2. The summed E-state index contributed by atoms with van der Waals surface area (Å²) < 4.78 is 0.887. The van der Waals surface area contributed by atoms with Crippen molar-refractivity contribution in [1.29, 1.82) is 5.26 Å². The van der Waals surface area contributed by atoms with Crippen LogP contribution in [0.15, 0.2) is 155 Å². The lowest BCUT2D eigenvalue weighted by Crippen LogP contribution is -2.30. The summed E-state index contributed by atoms with van der Waals surface area (Å²) in [6.45, 7) is 0. The molecule has 0 bridgehead atoms. The van der Waals surface area contributed by atoms with Gasteiger partial charge in [-0.05, 0) is 96.0 Å². The number of nitrogens with zero attached hydrogens (tertiary/aromatic N) is 1. The number of anilines is 2. The lowest BCUT2D eigenvalue weighted by Gasteiger charge is -2.22. The van der Waals surface area contributed by atoms with E-state index in [2.05, 4.69) is 62.2 Å². The van der Waals surface area contributed by atoms with E-state index in [0.29, 0.717) is 27.7 Å². The first kappa shape index (κ1) is 37.6. The number of carbonyl (C=O) groups is 3. The maximum Gasteiger partial charge on any atom is 0.272 e. The molecule has 10 heteroatoms. The molecule has 1 aromatic heterocycles. The van der Waals surface area contributed by atoms with Crippen LogP contribution in [-0.2, 0) is 22.4 Å². The van der Waals surface area contributed by atoms with Gasteiger partial charge in [0.2, 0.25) is 5.91 Å². The molecule has 2 atom stereocenters. The van der Waals surface area contributed by atoms with Gasteiger partial charge in [-0.3, -0.25) is 14.4 Å². The third-order valence-corrected chi connectivity index (χ3v) is 12.2. The van der Waals surface area contributed by atoms with Crippen LogP contribution in [0, 0.1) is 11.3 Å². The zero-order valence-electron chi connectivity index (χ0n) is 29.5. The van der Waals surface area contributed by atoms with Gasteiger partial charge in [-0.15, -0.1) is 23.1 Å². The van der Waals surface area contributed by atoms with Gasteiger partial charge in [-0.2, -0.15) is 5.26 Å². The van der Waals surface area contributed by atoms with Gasteiger partial charge in [-0.25, -0.2) is 0 Å². The minimum absolute atomic E-state index is 0.0674. The fourth-order valence-corrected chi connectivity index (χ4v) is 9.16. The van der Waals surface area contributed by atoms with Crippen LogP contribution in [0.3, 0.4) is 0 Å². The van der Waals surface area contributed by atoms with Gasteiger partial charge in [0.1, 0.15) is 22.0 Å². The number of nitriles is 1. The van der Waals surface area contributed by atoms with Crippen molar-refractivity contribution < 1.29 is 14.4 Å². The standard InChI is InChI=1S/C45H35BrN4O3S2/c46-34-22-19-29(20-23-34)25-39(49-42(51)32-15-8-3-9-16-32)43(52)48-35-17-10-18-36(27-35)54-41(31-13-6-2-7-14-31)44(53)50-45-38(28-47)37-24-21-33(26-40(37)55-45)30-11-4-1-5-12-30/h1-20,22-23,25,27,33,41H,21,24,26H2,(H,48,52)(H,49,51)(H,50,53)/b39-25-. The second-order valence-electron chi connectivity index (χ2n) is 13.0. The lowest BCUT2D eigenvalue weighted by atomic mass is 9.83. The quantitative estimate of drug-likeness (QED) is 0.0890. The Bertz CT molecular complexity index is 2390. The highest BCUT2D eigenvalue weighted by molar-refractivity contribution is 9.10. The van der Waals surface area contributed by atoms with Crippen LogP contribution in [-0.4, -0.2) is 17.7 Å². The SMILES string of the molecule is N#Cc1c(NC(=O)C(Sc2cccc(NC(=O)/C(=C/c3ccc(Br)cc3)NC(=O)c3ccccc3)c2)c2ccccc2)sc2c1CCC(c1ccccc1)C2. The third kappa shape index (κ3) is 9.33. The normalized spacial score (nSPS) is 14.2. The summed E-state index contributed by atoms with van der Waals surface area (Å²) in [5.41, 5.74) is 5.38. The highest BCUT2D eigenvalue weighted by atomic mass is 79.9. The van der Waals surface area contributed by atoms with Crippen LogP contribution >= 0.6 is 39.0 Å². The van der Waals surface area contributed by atoms with Crippen LogP contribution in [0.1, 0.15) is 60.6 Å². The summed E-state index contributed by atoms with van der Waals surface area (Å²) in [6.07, 6.45) is 4.19. The van der Waals surface area contributed by atoms with E-state index in [4.69, 9.17) is 0 Å². The van der Waals surface area contributed by atoms with Crippen molar-refractivity contribution in [1.82, 2.24) is 5.32 Å². The van der Waals surface area contributed by atoms with Gasteiger partial charge in [-0.1, -0.05) is 113 Å². The third-order valence-electron chi connectivity index (χ3n) is 9.28. The number of benzene rings is 5. The molecule has 272 valence electrons. The summed E-state index contributed by atoms with van der Waals surface area (Å²) >= 11 is 6.28. The van der Waals surface area contributed by atoms with Gasteiger partial charge < -0.3 is 16.0 Å². The lowest BCUT2D eigenvalue weighted by molar-refractivity contribution is -0.116. The summed E-state index contributed by atoms with van der Waals surface area (Å²) in [7, 11) is 0. The molecule has 55 heavy (non-hydrogen) atoms. The summed E-state index contributed by atoms with van der Waals surface area (Å²) in [6, 6.07) is 45.7. The Morgan fingerprint density at radius 3 is 2.24 bits per heavy atom. The fraction of sp³-hybridized carbons (Fsp3) is 0.111. The highest BCUT2D eigenvalue weighted by Crippen LogP contribution is 2.44. The Kier molecular flexibility index (Phi) is 12.0. The van der Waals surface area contributed by atoms with Crippen LogP contribution in [0.25, 0.3) is 6.08 Å². The first-order chi connectivity index (χ1) is 26.8. The van der Waals surface area contributed by atoms with Crippen LogP contribution in [0.4, 0.5) is 10.7 Å². The summed E-state index contributed by atoms with van der Waals surface area (Å²) in [4.78, 5) is 43.0. The Hall–Kier alpha value is -5.73. The van der Waals surface area contributed by atoms with E-state index in [9.17, 15) is 19.6 Å². The van der Waals surface area contributed by atoms with Crippen molar-refractivity contribution in [2.75, 3.05) is 10.6 Å². The monoisotopic (exact) mass is 822 g/mol. The molecule has 1 aliphatic carbocycles. The van der Waals surface area contributed by atoms with Crippen LogP contribution < -0.4 is 16.0 Å². The van der Waals surface area contributed by atoms with Crippen LogP contribution in [0.2, 0.25) is 0 Å². The van der Waals surface area contributed by atoms with Crippen LogP contribution in [0.5, 0.6) is 0 Å². The minimum Gasteiger partial charge on any atom is -0.321 e. The van der Waals surface area contributed by atoms with Crippen molar-refractivity contribution in [3.05, 3.63) is 188 Å². The molecule has 0 saturated heterocycles. The molecule has 1 heterocycles. The Balaban J connectivity index is 1.11. The first-order valence-corrected chi connectivity index (χ1v) is 20.2. The molecule has 0 spiro atoms. The van der Waals surface area contributed by atoms with Crippen molar-refractivity contribution in [3.8, 4) is 6.07 Å². The maximum absolute atomic E-state index is 14.2. The highest BCUT2D eigenvalue weighted by Gasteiger charge is 2.29. The molecule has 5 aromatic carbocycles. The van der Waals surface area contributed by atoms with Gasteiger partial charge in [0.15, 0.2) is 0 Å². The topological polar surface area (TPSA) is 111 Å². The van der Waals surface area contributed by atoms with Gasteiger partial charge in [0, 0.05) is 25.5 Å². The molecule has 3 amide bonds. The predicted octanol–water partition coefficient (Wildman–Crippen LogP) is 10.5. The number of hydrogen-bond acceptors (Lipinski definition) is 6.